The largest absolute Gasteiger partial charge is 0.378 e. The molecule has 4 rings (SSSR count). The van der Waals surface area contributed by atoms with Crippen molar-refractivity contribution in [3.8, 4) is 5.69 Å². The Labute approximate surface area is 207 Å². The van der Waals surface area contributed by atoms with Gasteiger partial charge in [0.1, 0.15) is 5.82 Å². The fraction of sp³-hybridized carbons (Fsp3) is 0.154. The number of anilines is 1. The van der Waals surface area contributed by atoms with Gasteiger partial charge >= 0.3 is 0 Å². The van der Waals surface area contributed by atoms with Gasteiger partial charge in [-0.05, 0) is 55.8 Å². The highest BCUT2D eigenvalue weighted by atomic mass is 32.2. The number of para-hydroxylation sites is 1. The molecule has 9 heteroatoms. The van der Waals surface area contributed by atoms with E-state index in [2.05, 4.69) is 26.0 Å². The number of benzene rings is 3. The maximum Gasteiger partial charge on any atom is 0.253 e. The lowest BCUT2D eigenvalue weighted by Crippen LogP contribution is -2.27. The Hall–Kier alpha value is -3.98. The molecule has 0 saturated carbocycles. The third-order valence-corrected chi connectivity index (χ3v) is 6.17. The molecule has 1 atom stereocenters. The Bertz CT molecular complexity index is 1290. The molecular weight excluding hydrogens is 463 g/mol. The van der Waals surface area contributed by atoms with Crippen LogP contribution < -0.4 is 10.7 Å². The van der Waals surface area contributed by atoms with Crippen molar-refractivity contribution in [1.29, 1.82) is 0 Å². The molecule has 1 amide bonds. The first-order valence-electron chi connectivity index (χ1n) is 11.0. The summed E-state index contributed by atoms with van der Waals surface area (Å²) in [5.41, 5.74) is 6.29. The zero-order valence-corrected chi connectivity index (χ0v) is 20.2. The van der Waals surface area contributed by atoms with Crippen LogP contribution in [0.1, 0.15) is 23.9 Å². The Morgan fingerprint density at radius 1 is 1.06 bits per heavy atom. The molecule has 0 aliphatic carbocycles. The smallest absolute Gasteiger partial charge is 0.253 e. The predicted octanol–water partition coefficient (Wildman–Crippen LogP) is 4.96. The molecule has 0 fully saturated rings. The summed E-state index contributed by atoms with van der Waals surface area (Å²) in [6.07, 6.45) is 1.47. The third-order valence-electron chi connectivity index (χ3n) is 5.13. The Morgan fingerprint density at radius 3 is 2.49 bits per heavy atom. The minimum atomic E-state index is -0.482. The number of hydrazone groups is 1. The van der Waals surface area contributed by atoms with Gasteiger partial charge in [-0.1, -0.05) is 59.8 Å². The first-order chi connectivity index (χ1) is 17.0. The van der Waals surface area contributed by atoms with E-state index in [0.717, 1.165) is 17.2 Å². The maximum atomic E-state index is 13.0. The predicted molar refractivity (Wildman–Crippen MR) is 137 cm³/mol. The number of nitrogens with one attached hydrogen (secondary N) is 2. The van der Waals surface area contributed by atoms with E-state index in [1.165, 1.54) is 35.7 Å². The molecule has 35 heavy (non-hydrogen) atoms. The first-order valence-corrected chi connectivity index (χ1v) is 11.9. The van der Waals surface area contributed by atoms with Crippen molar-refractivity contribution in [2.24, 2.45) is 5.10 Å². The van der Waals surface area contributed by atoms with Gasteiger partial charge < -0.3 is 5.32 Å². The average molecular weight is 489 g/mol. The van der Waals surface area contributed by atoms with Crippen molar-refractivity contribution < 1.29 is 9.18 Å². The van der Waals surface area contributed by atoms with E-state index in [0.29, 0.717) is 17.3 Å². The molecule has 0 aliphatic heterocycles. The Morgan fingerprint density at radius 2 is 1.77 bits per heavy atom. The number of aromatic nitrogens is 3. The molecule has 178 valence electrons. The second-order valence-corrected chi connectivity index (χ2v) is 9.14. The van der Waals surface area contributed by atoms with Crippen molar-refractivity contribution in [3.05, 3.63) is 102 Å². The Balaban J connectivity index is 1.46. The number of thioether (sulfide) groups is 1. The van der Waals surface area contributed by atoms with Crippen molar-refractivity contribution in [2.75, 3.05) is 5.32 Å². The van der Waals surface area contributed by atoms with Crippen LogP contribution in [-0.4, -0.2) is 32.1 Å². The van der Waals surface area contributed by atoms with Gasteiger partial charge in [-0.15, -0.1) is 10.2 Å². The number of halogens is 1. The standard InChI is InChI=1S/C26H25FN6OS/c1-18-8-14-22(15-9-18)28-17-24-30-32-26(33(24)23-6-4-3-5-7-23)35-19(2)25(34)31-29-16-20-10-12-21(27)13-11-20/h3-16,19,28H,17H2,1-2H3,(H,31,34)/b29-16-/t19-/m1/s1. The molecule has 0 radical (unpaired) electrons. The number of carbonyl (C=O) groups is 1. The lowest BCUT2D eigenvalue weighted by atomic mass is 10.2. The lowest BCUT2D eigenvalue weighted by molar-refractivity contribution is -0.120. The summed E-state index contributed by atoms with van der Waals surface area (Å²) in [6.45, 7) is 4.29. The highest BCUT2D eigenvalue weighted by Crippen LogP contribution is 2.26. The van der Waals surface area contributed by atoms with Gasteiger partial charge in [-0.25, -0.2) is 9.82 Å². The number of hydrogen-bond donors (Lipinski definition) is 2. The first kappa shape index (κ1) is 24.2. The van der Waals surface area contributed by atoms with Gasteiger partial charge in [0, 0.05) is 11.4 Å². The minimum absolute atomic E-state index is 0.282. The summed E-state index contributed by atoms with van der Waals surface area (Å²) in [5, 5.41) is 16.2. The summed E-state index contributed by atoms with van der Waals surface area (Å²) < 4.78 is 15.0. The quantitative estimate of drug-likeness (QED) is 0.198. The van der Waals surface area contributed by atoms with Gasteiger partial charge in [0.05, 0.1) is 18.0 Å². The van der Waals surface area contributed by atoms with Crippen LogP contribution in [0.4, 0.5) is 10.1 Å². The van der Waals surface area contributed by atoms with Gasteiger partial charge in [-0.2, -0.15) is 5.10 Å². The van der Waals surface area contributed by atoms with Crippen LogP contribution in [0.25, 0.3) is 5.69 Å². The van der Waals surface area contributed by atoms with Gasteiger partial charge in [0.25, 0.3) is 5.91 Å². The molecule has 0 spiro atoms. The van der Waals surface area contributed by atoms with E-state index in [4.69, 9.17) is 0 Å². The summed E-state index contributed by atoms with van der Waals surface area (Å²) in [4.78, 5) is 12.6. The van der Waals surface area contributed by atoms with Crippen LogP contribution >= 0.6 is 11.8 Å². The summed E-state index contributed by atoms with van der Waals surface area (Å²) in [5.74, 6) is 0.115. The van der Waals surface area contributed by atoms with Crippen molar-refractivity contribution in [2.45, 2.75) is 30.8 Å². The van der Waals surface area contributed by atoms with Crippen LogP contribution in [0.3, 0.4) is 0 Å². The normalized spacial score (nSPS) is 12.0. The van der Waals surface area contributed by atoms with E-state index in [1.54, 1.807) is 19.1 Å². The molecule has 0 bridgehead atoms. The third kappa shape index (κ3) is 6.54. The van der Waals surface area contributed by atoms with Gasteiger partial charge in [0.15, 0.2) is 11.0 Å². The van der Waals surface area contributed by atoms with Crippen LogP contribution in [0, 0.1) is 12.7 Å². The molecule has 4 aromatic rings. The number of amides is 1. The summed E-state index contributed by atoms with van der Waals surface area (Å²) in [7, 11) is 0. The molecule has 3 aromatic carbocycles. The maximum absolute atomic E-state index is 13.0. The summed E-state index contributed by atoms with van der Waals surface area (Å²) in [6, 6.07) is 23.8. The average Bonchev–Trinajstić information content (AvgIpc) is 3.27. The lowest BCUT2D eigenvalue weighted by Gasteiger charge is -2.13. The SMILES string of the molecule is Cc1ccc(NCc2nnc(S[C@H](C)C(=O)N/N=C\c3ccc(F)cc3)n2-c2ccccc2)cc1. The highest BCUT2D eigenvalue weighted by Gasteiger charge is 2.21. The monoisotopic (exact) mass is 488 g/mol. The number of carbonyl (C=O) groups excluding carboxylic acids is 1. The van der Waals surface area contributed by atoms with E-state index < -0.39 is 5.25 Å². The molecule has 0 saturated heterocycles. The Kier molecular flexibility index (Phi) is 7.89. The van der Waals surface area contributed by atoms with E-state index in [-0.39, 0.29) is 11.7 Å². The molecule has 1 heterocycles. The number of rotatable bonds is 9. The number of hydrogen-bond acceptors (Lipinski definition) is 6. The van der Waals surface area contributed by atoms with Crippen LogP contribution in [0.2, 0.25) is 0 Å². The van der Waals surface area contributed by atoms with E-state index in [1.807, 2.05) is 66.1 Å². The number of aryl methyl sites for hydroxylation is 1. The topological polar surface area (TPSA) is 84.2 Å². The molecule has 2 N–H and O–H groups in total. The summed E-state index contributed by atoms with van der Waals surface area (Å²) >= 11 is 1.29. The molecule has 0 unspecified atom stereocenters. The number of nitrogens with zero attached hydrogens (tertiary/aromatic N) is 4. The van der Waals surface area contributed by atoms with Crippen molar-refractivity contribution in [1.82, 2.24) is 20.2 Å². The minimum Gasteiger partial charge on any atom is -0.378 e. The zero-order valence-electron chi connectivity index (χ0n) is 19.4. The van der Waals surface area contributed by atoms with Gasteiger partial charge in [0.2, 0.25) is 0 Å². The van der Waals surface area contributed by atoms with E-state index in [9.17, 15) is 9.18 Å². The fourth-order valence-electron chi connectivity index (χ4n) is 3.20. The van der Waals surface area contributed by atoms with Crippen LogP contribution in [0.15, 0.2) is 89.1 Å². The van der Waals surface area contributed by atoms with Gasteiger partial charge in [-0.3, -0.25) is 9.36 Å². The zero-order chi connectivity index (χ0) is 24.6. The molecular formula is C26H25FN6OS. The highest BCUT2D eigenvalue weighted by molar-refractivity contribution is 8.00. The van der Waals surface area contributed by atoms with Crippen molar-refractivity contribution >= 4 is 29.6 Å². The van der Waals surface area contributed by atoms with E-state index >= 15 is 0 Å². The molecule has 1 aromatic heterocycles. The molecule has 0 aliphatic rings. The fourth-order valence-corrected chi connectivity index (χ4v) is 4.08. The van der Waals surface area contributed by atoms with Crippen molar-refractivity contribution in [3.63, 3.8) is 0 Å². The second kappa shape index (κ2) is 11.4. The van der Waals surface area contributed by atoms with Crippen LogP contribution in [-0.2, 0) is 11.3 Å². The molecule has 7 nitrogen and oxygen atoms in total. The van der Waals surface area contributed by atoms with Crippen LogP contribution in [0.5, 0.6) is 0 Å². The second-order valence-electron chi connectivity index (χ2n) is 7.84.